The molecule has 0 unspecified atom stereocenters. The predicted octanol–water partition coefficient (Wildman–Crippen LogP) is 5.06. The van der Waals surface area contributed by atoms with Gasteiger partial charge in [0.1, 0.15) is 23.6 Å². The summed E-state index contributed by atoms with van der Waals surface area (Å²) >= 11 is 0. The van der Waals surface area contributed by atoms with Gasteiger partial charge in [0, 0.05) is 11.3 Å². The molecule has 0 amide bonds. The number of aromatic nitrogens is 3. The lowest BCUT2D eigenvalue weighted by molar-refractivity contribution is -0.170. The van der Waals surface area contributed by atoms with Crippen LogP contribution in [0.25, 0.3) is 11.0 Å². The van der Waals surface area contributed by atoms with Gasteiger partial charge >= 0.3 is 5.92 Å². The Morgan fingerprint density at radius 1 is 1.24 bits per heavy atom. The molecule has 0 bridgehead atoms. The summed E-state index contributed by atoms with van der Waals surface area (Å²) in [5, 5.41) is 23.1. The highest BCUT2D eigenvalue weighted by Gasteiger charge is 2.49. The van der Waals surface area contributed by atoms with Crippen molar-refractivity contribution >= 4 is 16.9 Å². The van der Waals surface area contributed by atoms with Gasteiger partial charge in [-0.3, -0.25) is 0 Å². The smallest absolute Gasteiger partial charge is 0.303 e. The molecule has 0 spiro atoms. The first-order chi connectivity index (χ1) is 15.4. The Morgan fingerprint density at radius 3 is 2.55 bits per heavy atom. The number of hydrogen-bond acceptors (Lipinski definition) is 6. The number of alkyl halides is 2. The SMILES string of the molecule is Cc1nc2ncnc(N[C@H](C)c3cccc(C(F)(F)C(C)(C)O)c3F)c2cc1C1(C#N)CC1. The third-order valence-corrected chi connectivity index (χ3v) is 6.25. The van der Waals surface area contributed by atoms with Crippen molar-refractivity contribution in [2.75, 3.05) is 5.32 Å². The maximum Gasteiger partial charge on any atom is 0.303 e. The van der Waals surface area contributed by atoms with Gasteiger partial charge in [-0.05, 0) is 58.2 Å². The van der Waals surface area contributed by atoms with Crippen molar-refractivity contribution in [1.29, 1.82) is 5.26 Å². The number of halogens is 3. The zero-order valence-corrected chi connectivity index (χ0v) is 18.7. The lowest BCUT2D eigenvalue weighted by Crippen LogP contribution is -2.41. The van der Waals surface area contributed by atoms with Crippen molar-refractivity contribution in [3.8, 4) is 6.07 Å². The van der Waals surface area contributed by atoms with Crippen LogP contribution in [0.3, 0.4) is 0 Å². The van der Waals surface area contributed by atoms with Crippen molar-refractivity contribution in [2.45, 2.75) is 63.5 Å². The van der Waals surface area contributed by atoms with E-state index in [1.165, 1.54) is 18.5 Å². The first kappa shape index (κ1) is 22.9. The molecule has 9 heteroatoms. The maximum atomic E-state index is 15.2. The van der Waals surface area contributed by atoms with Crippen LogP contribution in [0.2, 0.25) is 0 Å². The van der Waals surface area contributed by atoms with Crippen LogP contribution in [0.5, 0.6) is 0 Å². The number of aryl methyl sites for hydroxylation is 1. The van der Waals surface area contributed by atoms with Crippen molar-refractivity contribution in [3.63, 3.8) is 0 Å². The summed E-state index contributed by atoms with van der Waals surface area (Å²) < 4.78 is 44.5. The molecule has 33 heavy (non-hydrogen) atoms. The van der Waals surface area contributed by atoms with Crippen molar-refractivity contribution < 1.29 is 18.3 Å². The van der Waals surface area contributed by atoms with E-state index in [1.807, 2.05) is 13.0 Å². The molecule has 1 atom stereocenters. The summed E-state index contributed by atoms with van der Waals surface area (Å²) in [5.74, 6) is -4.53. The third kappa shape index (κ3) is 3.78. The van der Waals surface area contributed by atoms with Gasteiger partial charge in [0.2, 0.25) is 0 Å². The van der Waals surface area contributed by atoms with Crippen LogP contribution in [0.1, 0.15) is 62.0 Å². The van der Waals surface area contributed by atoms with E-state index in [1.54, 1.807) is 6.92 Å². The number of nitriles is 1. The quantitative estimate of drug-likeness (QED) is 0.539. The number of nitrogens with zero attached hydrogens (tertiary/aromatic N) is 4. The van der Waals surface area contributed by atoms with Crippen LogP contribution < -0.4 is 5.32 Å². The summed E-state index contributed by atoms with van der Waals surface area (Å²) in [6, 6.07) is 7.16. The number of benzene rings is 1. The van der Waals surface area contributed by atoms with Gasteiger partial charge in [-0.2, -0.15) is 14.0 Å². The molecule has 1 saturated carbocycles. The first-order valence-electron chi connectivity index (χ1n) is 10.6. The molecule has 0 radical (unpaired) electrons. The number of anilines is 1. The standard InChI is InChI=1S/C24H24F3N5O/c1-13(15-6-5-7-17(19(15)25)24(26,27)22(3,4)33)31-20-16-10-18(23(11-28)8-9-23)14(2)32-21(16)30-12-29-20/h5-7,10,12-13,33H,8-9H2,1-4H3,(H,29,30,31,32)/t13-/m1/s1. The average molecular weight is 455 g/mol. The van der Waals surface area contributed by atoms with E-state index < -0.39 is 34.4 Å². The fourth-order valence-corrected chi connectivity index (χ4v) is 3.98. The molecular weight excluding hydrogens is 431 g/mol. The average Bonchev–Trinajstić information content (AvgIpc) is 3.53. The summed E-state index contributed by atoms with van der Waals surface area (Å²) in [5.41, 5.74) is -1.94. The highest BCUT2D eigenvalue weighted by atomic mass is 19.3. The van der Waals surface area contributed by atoms with Crippen LogP contribution in [0, 0.1) is 24.1 Å². The summed E-state index contributed by atoms with van der Waals surface area (Å²) in [7, 11) is 0. The van der Waals surface area contributed by atoms with E-state index in [4.69, 9.17) is 0 Å². The Hall–Kier alpha value is -3.25. The zero-order chi connectivity index (χ0) is 24.2. The number of rotatable bonds is 6. The van der Waals surface area contributed by atoms with Gasteiger partial charge in [-0.25, -0.2) is 19.3 Å². The molecule has 6 nitrogen and oxygen atoms in total. The van der Waals surface area contributed by atoms with E-state index in [2.05, 4.69) is 26.3 Å². The van der Waals surface area contributed by atoms with E-state index in [-0.39, 0.29) is 5.56 Å². The van der Waals surface area contributed by atoms with Gasteiger partial charge in [-0.15, -0.1) is 0 Å². The lowest BCUT2D eigenvalue weighted by Gasteiger charge is -2.30. The minimum absolute atomic E-state index is 0.000769. The van der Waals surface area contributed by atoms with Gasteiger partial charge in [-0.1, -0.05) is 12.1 Å². The zero-order valence-electron chi connectivity index (χ0n) is 18.7. The topological polar surface area (TPSA) is 94.7 Å². The second kappa shape index (κ2) is 7.66. The molecular formula is C24H24F3N5O. The van der Waals surface area contributed by atoms with Crippen molar-refractivity contribution in [3.05, 3.63) is 58.8 Å². The molecule has 0 aliphatic heterocycles. The molecule has 1 aliphatic carbocycles. The first-order valence-corrected chi connectivity index (χ1v) is 10.6. The summed E-state index contributed by atoms with van der Waals surface area (Å²) in [6.45, 7) is 5.33. The Morgan fingerprint density at radius 2 is 1.94 bits per heavy atom. The van der Waals surface area contributed by atoms with Gasteiger partial charge in [0.15, 0.2) is 5.65 Å². The van der Waals surface area contributed by atoms with Crippen molar-refractivity contribution in [1.82, 2.24) is 15.0 Å². The van der Waals surface area contributed by atoms with Crippen LogP contribution in [-0.4, -0.2) is 25.7 Å². The van der Waals surface area contributed by atoms with Gasteiger partial charge in [0.25, 0.3) is 0 Å². The van der Waals surface area contributed by atoms with E-state index >= 15 is 4.39 Å². The summed E-state index contributed by atoms with van der Waals surface area (Å²) in [4.78, 5) is 13.0. The van der Waals surface area contributed by atoms with Crippen LogP contribution in [-0.2, 0) is 11.3 Å². The Kier molecular flexibility index (Phi) is 5.32. The number of aliphatic hydroxyl groups is 1. The molecule has 4 rings (SSSR count). The van der Waals surface area contributed by atoms with Crippen LogP contribution in [0.4, 0.5) is 19.0 Å². The predicted molar refractivity (Wildman–Crippen MR) is 117 cm³/mol. The molecule has 1 aliphatic rings. The second-order valence-electron chi connectivity index (χ2n) is 9.12. The Labute approximate surface area is 189 Å². The normalized spacial score (nSPS) is 16.3. The van der Waals surface area contributed by atoms with Crippen LogP contribution in [0.15, 0.2) is 30.6 Å². The number of fused-ring (bicyclic) bond motifs is 1. The molecule has 2 N–H and O–H groups in total. The lowest BCUT2D eigenvalue weighted by atomic mass is 9.91. The Balaban J connectivity index is 1.74. The molecule has 2 aromatic heterocycles. The Bertz CT molecular complexity index is 1280. The van der Waals surface area contributed by atoms with Crippen LogP contribution >= 0.6 is 0 Å². The molecule has 1 aromatic carbocycles. The van der Waals surface area contributed by atoms with Crippen molar-refractivity contribution in [2.24, 2.45) is 0 Å². The van der Waals surface area contributed by atoms with Gasteiger partial charge in [0.05, 0.1) is 28.5 Å². The molecule has 172 valence electrons. The highest BCUT2D eigenvalue weighted by molar-refractivity contribution is 5.87. The highest BCUT2D eigenvalue weighted by Crippen LogP contribution is 2.49. The fourth-order valence-electron chi connectivity index (χ4n) is 3.98. The monoisotopic (exact) mass is 455 g/mol. The fraction of sp³-hybridized carbons (Fsp3) is 0.417. The number of nitrogens with one attached hydrogen (secondary N) is 1. The molecule has 1 fully saturated rings. The van der Waals surface area contributed by atoms with E-state index in [0.29, 0.717) is 22.5 Å². The third-order valence-electron chi connectivity index (χ3n) is 6.25. The van der Waals surface area contributed by atoms with E-state index in [9.17, 15) is 19.1 Å². The van der Waals surface area contributed by atoms with E-state index in [0.717, 1.165) is 38.3 Å². The van der Waals surface area contributed by atoms with Gasteiger partial charge < -0.3 is 10.4 Å². The molecule has 3 aromatic rings. The second-order valence-corrected chi connectivity index (χ2v) is 9.12. The number of pyridine rings is 1. The minimum Gasteiger partial charge on any atom is -0.384 e. The minimum atomic E-state index is -3.79. The maximum absolute atomic E-state index is 15.2. The molecule has 2 heterocycles. The largest absolute Gasteiger partial charge is 0.384 e. The number of hydrogen-bond donors (Lipinski definition) is 2. The molecule has 0 saturated heterocycles. The summed E-state index contributed by atoms with van der Waals surface area (Å²) in [6.07, 6.45) is 2.81.